The first-order valence-corrected chi connectivity index (χ1v) is 9.29. The lowest BCUT2D eigenvalue weighted by molar-refractivity contribution is -0.122. The van der Waals surface area contributed by atoms with Gasteiger partial charge in [-0.15, -0.1) is 0 Å². The molecule has 5 heteroatoms. The highest BCUT2D eigenvalue weighted by atomic mass is 19.1. The van der Waals surface area contributed by atoms with Crippen molar-refractivity contribution in [2.75, 3.05) is 5.32 Å². The van der Waals surface area contributed by atoms with Crippen LogP contribution in [0.25, 0.3) is 0 Å². The van der Waals surface area contributed by atoms with Crippen LogP contribution in [0.4, 0.5) is 10.1 Å². The predicted octanol–water partition coefficient (Wildman–Crippen LogP) is 5.08. The van der Waals surface area contributed by atoms with Crippen molar-refractivity contribution in [2.24, 2.45) is 0 Å². The van der Waals surface area contributed by atoms with Crippen LogP contribution in [-0.2, 0) is 4.79 Å². The number of ketones is 1. The van der Waals surface area contributed by atoms with Crippen molar-refractivity contribution in [3.8, 4) is 5.75 Å². The fourth-order valence-corrected chi connectivity index (χ4v) is 2.95. The van der Waals surface area contributed by atoms with E-state index in [4.69, 9.17) is 4.74 Å². The quantitative estimate of drug-likeness (QED) is 0.596. The van der Waals surface area contributed by atoms with Crippen molar-refractivity contribution in [2.45, 2.75) is 26.9 Å². The lowest BCUT2D eigenvalue weighted by Crippen LogP contribution is -2.30. The van der Waals surface area contributed by atoms with E-state index in [-0.39, 0.29) is 11.7 Å². The van der Waals surface area contributed by atoms with Crippen LogP contribution in [0, 0.1) is 19.7 Å². The van der Waals surface area contributed by atoms with Crippen LogP contribution in [0.15, 0.2) is 66.7 Å². The van der Waals surface area contributed by atoms with Crippen LogP contribution in [0.2, 0.25) is 0 Å². The number of rotatable bonds is 6. The van der Waals surface area contributed by atoms with Crippen molar-refractivity contribution in [1.82, 2.24) is 0 Å². The number of carbonyl (C=O) groups excluding carboxylic acids is 2. The third kappa shape index (κ3) is 4.88. The highest BCUT2D eigenvalue weighted by Crippen LogP contribution is 2.21. The van der Waals surface area contributed by atoms with Crippen LogP contribution in [0.1, 0.15) is 34.0 Å². The molecule has 0 saturated carbocycles. The topological polar surface area (TPSA) is 55.4 Å². The van der Waals surface area contributed by atoms with Gasteiger partial charge in [0, 0.05) is 16.8 Å². The summed E-state index contributed by atoms with van der Waals surface area (Å²) in [6, 6.07) is 17.7. The molecule has 0 saturated heterocycles. The van der Waals surface area contributed by atoms with Gasteiger partial charge in [0.1, 0.15) is 11.6 Å². The van der Waals surface area contributed by atoms with E-state index in [2.05, 4.69) is 5.32 Å². The number of para-hydroxylation sites is 1. The van der Waals surface area contributed by atoms with Gasteiger partial charge >= 0.3 is 0 Å². The van der Waals surface area contributed by atoms with E-state index in [1.54, 1.807) is 31.2 Å². The van der Waals surface area contributed by atoms with Gasteiger partial charge in [-0.25, -0.2) is 4.39 Å². The largest absolute Gasteiger partial charge is 0.481 e. The molecule has 0 aliphatic heterocycles. The summed E-state index contributed by atoms with van der Waals surface area (Å²) in [4.78, 5) is 24.9. The van der Waals surface area contributed by atoms with Gasteiger partial charge in [0.25, 0.3) is 5.91 Å². The summed E-state index contributed by atoms with van der Waals surface area (Å²) >= 11 is 0. The highest BCUT2D eigenvalue weighted by Gasteiger charge is 2.17. The predicted molar refractivity (Wildman–Crippen MR) is 111 cm³/mol. The first-order valence-electron chi connectivity index (χ1n) is 9.29. The molecule has 3 aromatic carbocycles. The van der Waals surface area contributed by atoms with E-state index in [0.29, 0.717) is 16.9 Å². The molecule has 3 rings (SSSR count). The SMILES string of the molecule is Cc1cccc(C)c1NC(=O)C(C)Oc1ccc(C(=O)c2ccc(F)cc2)cc1. The second-order valence-corrected chi connectivity index (χ2v) is 6.88. The number of aryl methyl sites for hydroxylation is 2. The van der Waals surface area contributed by atoms with Gasteiger partial charge in [-0.3, -0.25) is 9.59 Å². The molecule has 1 amide bonds. The zero-order chi connectivity index (χ0) is 21.0. The van der Waals surface area contributed by atoms with Gasteiger partial charge in [0.05, 0.1) is 0 Å². The summed E-state index contributed by atoms with van der Waals surface area (Å²) in [6.07, 6.45) is -0.715. The third-order valence-electron chi connectivity index (χ3n) is 4.63. The maximum Gasteiger partial charge on any atom is 0.265 e. The zero-order valence-corrected chi connectivity index (χ0v) is 16.5. The number of nitrogens with one attached hydrogen (secondary N) is 1. The van der Waals surface area contributed by atoms with Crippen molar-refractivity contribution < 1.29 is 18.7 Å². The fraction of sp³-hybridized carbons (Fsp3) is 0.167. The molecule has 0 fully saturated rings. The highest BCUT2D eigenvalue weighted by molar-refractivity contribution is 6.09. The van der Waals surface area contributed by atoms with E-state index in [0.717, 1.165) is 16.8 Å². The first-order chi connectivity index (χ1) is 13.8. The molecule has 0 aliphatic rings. The molecule has 1 atom stereocenters. The number of amides is 1. The number of ether oxygens (including phenoxy) is 1. The lowest BCUT2D eigenvalue weighted by Gasteiger charge is -2.17. The molecule has 148 valence electrons. The molecule has 3 aromatic rings. The Morgan fingerprint density at radius 2 is 1.38 bits per heavy atom. The molecular weight excluding hydrogens is 369 g/mol. The monoisotopic (exact) mass is 391 g/mol. The normalized spacial score (nSPS) is 11.6. The molecule has 1 unspecified atom stereocenters. The number of carbonyl (C=O) groups is 2. The Bertz CT molecular complexity index is 1010. The minimum atomic E-state index is -0.715. The molecule has 0 bridgehead atoms. The average Bonchev–Trinajstić information content (AvgIpc) is 2.71. The minimum absolute atomic E-state index is 0.211. The molecule has 0 aromatic heterocycles. The molecule has 0 spiro atoms. The van der Waals surface area contributed by atoms with Crippen molar-refractivity contribution >= 4 is 17.4 Å². The second-order valence-electron chi connectivity index (χ2n) is 6.88. The van der Waals surface area contributed by atoms with E-state index >= 15 is 0 Å². The number of anilines is 1. The summed E-state index contributed by atoms with van der Waals surface area (Å²) in [5.74, 6) is -0.380. The summed E-state index contributed by atoms with van der Waals surface area (Å²) in [6.45, 7) is 5.54. The van der Waals surface area contributed by atoms with Crippen molar-refractivity contribution in [1.29, 1.82) is 0 Å². The average molecular weight is 391 g/mol. The Kier molecular flexibility index (Phi) is 6.07. The van der Waals surface area contributed by atoms with Crippen molar-refractivity contribution in [3.05, 3.63) is 94.8 Å². The number of hydrogen-bond donors (Lipinski definition) is 1. The number of halogens is 1. The van der Waals surface area contributed by atoms with E-state index in [1.807, 2.05) is 32.0 Å². The van der Waals surface area contributed by atoms with E-state index in [9.17, 15) is 14.0 Å². The Hall–Kier alpha value is -3.47. The summed E-state index contributed by atoms with van der Waals surface area (Å²) in [7, 11) is 0. The Morgan fingerprint density at radius 1 is 0.862 bits per heavy atom. The Labute approximate surface area is 169 Å². The first kappa shape index (κ1) is 20.3. The van der Waals surface area contributed by atoms with Crippen LogP contribution in [0.5, 0.6) is 5.75 Å². The molecular formula is C24H22FNO3. The summed E-state index contributed by atoms with van der Waals surface area (Å²) < 4.78 is 18.7. The van der Waals surface area contributed by atoms with Crippen LogP contribution in [-0.4, -0.2) is 17.8 Å². The lowest BCUT2D eigenvalue weighted by atomic mass is 10.0. The fourth-order valence-electron chi connectivity index (χ4n) is 2.95. The van der Waals surface area contributed by atoms with Gasteiger partial charge in [0.15, 0.2) is 11.9 Å². The smallest absolute Gasteiger partial charge is 0.265 e. The molecule has 29 heavy (non-hydrogen) atoms. The number of hydrogen-bond acceptors (Lipinski definition) is 3. The van der Waals surface area contributed by atoms with Gasteiger partial charge in [0.2, 0.25) is 0 Å². The molecule has 1 N–H and O–H groups in total. The second kappa shape index (κ2) is 8.69. The molecule has 0 radical (unpaired) electrons. The summed E-state index contributed by atoms with van der Waals surface area (Å²) in [5, 5.41) is 2.91. The molecule has 4 nitrogen and oxygen atoms in total. The standard InChI is InChI=1S/C24H22FNO3/c1-15-5-4-6-16(2)22(15)26-24(28)17(3)29-21-13-9-19(10-14-21)23(27)18-7-11-20(25)12-8-18/h4-14,17H,1-3H3,(H,26,28). The van der Waals surface area contributed by atoms with Gasteiger partial charge in [-0.2, -0.15) is 0 Å². The van der Waals surface area contributed by atoms with Gasteiger partial charge < -0.3 is 10.1 Å². The minimum Gasteiger partial charge on any atom is -0.481 e. The van der Waals surface area contributed by atoms with Gasteiger partial charge in [-0.1, -0.05) is 18.2 Å². The van der Waals surface area contributed by atoms with Crippen LogP contribution >= 0.6 is 0 Å². The van der Waals surface area contributed by atoms with Crippen LogP contribution in [0.3, 0.4) is 0 Å². The van der Waals surface area contributed by atoms with Gasteiger partial charge in [-0.05, 0) is 80.4 Å². The maximum absolute atomic E-state index is 13.0. The Balaban J connectivity index is 1.65. The number of benzene rings is 3. The third-order valence-corrected chi connectivity index (χ3v) is 4.63. The van der Waals surface area contributed by atoms with Crippen LogP contribution < -0.4 is 10.1 Å². The zero-order valence-electron chi connectivity index (χ0n) is 16.5. The van der Waals surface area contributed by atoms with Crippen molar-refractivity contribution in [3.63, 3.8) is 0 Å². The van der Waals surface area contributed by atoms with E-state index < -0.39 is 11.9 Å². The molecule has 0 heterocycles. The molecule has 0 aliphatic carbocycles. The summed E-state index contributed by atoms with van der Waals surface area (Å²) in [5.41, 5.74) is 3.61. The Morgan fingerprint density at radius 3 is 1.93 bits per heavy atom. The van der Waals surface area contributed by atoms with E-state index in [1.165, 1.54) is 24.3 Å². The maximum atomic E-state index is 13.0.